The number of piperidine rings is 1. The molecule has 2 aromatic heterocycles. The molecular formula is C15H16F3N3O. The minimum atomic E-state index is -4.40. The predicted octanol–water partition coefficient (Wildman–Crippen LogP) is 3.20. The third-order valence-corrected chi connectivity index (χ3v) is 4.05. The van der Waals surface area contributed by atoms with Crippen LogP contribution in [-0.4, -0.2) is 39.0 Å². The van der Waals surface area contributed by atoms with Gasteiger partial charge in [0.05, 0.1) is 5.69 Å². The number of aromatic nitrogens is 2. The number of aryl methyl sites for hydroxylation is 1. The van der Waals surface area contributed by atoms with Gasteiger partial charge in [-0.3, -0.25) is 9.20 Å². The molecule has 0 spiro atoms. The van der Waals surface area contributed by atoms with Gasteiger partial charge in [-0.25, -0.2) is 4.98 Å². The third kappa shape index (κ3) is 2.44. The Labute approximate surface area is 125 Å². The van der Waals surface area contributed by atoms with Crippen molar-refractivity contribution < 1.29 is 18.0 Å². The van der Waals surface area contributed by atoms with Crippen molar-refractivity contribution in [3.63, 3.8) is 0 Å². The summed E-state index contributed by atoms with van der Waals surface area (Å²) in [5.41, 5.74) is 1.22. The smallest absolute Gasteiger partial charge is 0.325 e. The van der Waals surface area contributed by atoms with E-state index in [1.54, 1.807) is 35.7 Å². The zero-order valence-corrected chi connectivity index (χ0v) is 12.1. The second-order valence-corrected chi connectivity index (χ2v) is 5.53. The third-order valence-electron chi connectivity index (χ3n) is 4.05. The van der Waals surface area contributed by atoms with Crippen molar-refractivity contribution in [1.29, 1.82) is 0 Å². The van der Waals surface area contributed by atoms with Crippen molar-refractivity contribution in [1.82, 2.24) is 14.3 Å². The minimum absolute atomic E-state index is 0.0367. The standard InChI is InChI=1S/C15H16F3N3O/c1-10-13(21-9-5-3-7-12(21)19-10)14(22)20-8-4-2-6-11(20)15(16,17)18/h3,5,7,9,11H,2,4,6,8H2,1H3. The van der Waals surface area contributed by atoms with E-state index in [1.807, 2.05) is 0 Å². The highest BCUT2D eigenvalue weighted by Gasteiger charge is 2.47. The van der Waals surface area contributed by atoms with Gasteiger partial charge in [0.1, 0.15) is 17.4 Å². The molecule has 1 amide bonds. The maximum absolute atomic E-state index is 13.2. The first-order valence-corrected chi connectivity index (χ1v) is 7.21. The molecule has 0 aliphatic carbocycles. The van der Waals surface area contributed by atoms with Gasteiger partial charge in [0.25, 0.3) is 5.91 Å². The zero-order valence-electron chi connectivity index (χ0n) is 12.1. The summed E-state index contributed by atoms with van der Waals surface area (Å²) in [5, 5.41) is 0. The molecule has 0 radical (unpaired) electrons. The van der Waals surface area contributed by atoms with Gasteiger partial charge in [0, 0.05) is 12.7 Å². The van der Waals surface area contributed by atoms with Gasteiger partial charge in [-0.2, -0.15) is 13.2 Å². The number of carbonyl (C=O) groups excluding carboxylic acids is 1. The van der Waals surface area contributed by atoms with Crippen LogP contribution >= 0.6 is 0 Å². The number of hydrogen-bond acceptors (Lipinski definition) is 2. The second kappa shape index (κ2) is 5.30. The van der Waals surface area contributed by atoms with Crippen molar-refractivity contribution in [2.24, 2.45) is 0 Å². The number of fused-ring (bicyclic) bond motifs is 1. The van der Waals surface area contributed by atoms with Gasteiger partial charge in [0.2, 0.25) is 0 Å². The van der Waals surface area contributed by atoms with Gasteiger partial charge in [-0.1, -0.05) is 6.07 Å². The summed E-state index contributed by atoms with van der Waals surface area (Å²) in [7, 11) is 0. The molecule has 3 rings (SSSR count). The number of amides is 1. The van der Waals surface area contributed by atoms with Gasteiger partial charge >= 0.3 is 6.18 Å². The lowest BCUT2D eigenvalue weighted by molar-refractivity contribution is -0.183. The first-order chi connectivity index (χ1) is 10.4. The molecule has 3 heterocycles. The lowest BCUT2D eigenvalue weighted by Crippen LogP contribution is -2.51. The highest BCUT2D eigenvalue weighted by Crippen LogP contribution is 2.33. The van der Waals surface area contributed by atoms with E-state index >= 15 is 0 Å². The van der Waals surface area contributed by atoms with Gasteiger partial charge in [-0.15, -0.1) is 0 Å². The molecule has 0 bridgehead atoms. The molecule has 4 nitrogen and oxygen atoms in total. The lowest BCUT2D eigenvalue weighted by Gasteiger charge is -2.36. The monoisotopic (exact) mass is 311 g/mol. The number of imidazole rings is 1. The Morgan fingerprint density at radius 1 is 1.32 bits per heavy atom. The molecule has 1 aliphatic rings. The van der Waals surface area contributed by atoms with Crippen LogP contribution in [0.3, 0.4) is 0 Å². The van der Waals surface area contributed by atoms with Crippen LogP contribution in [-0.2, 0) is 0 Å². The SMILES string of the molecule is Cc1nc2ccccn2c1C(=O)N1CCCCC1C(F)(F)F. The predicted molar refractivity (Wildman–Crippen MR) is 74.7 cm³/mol. The van der Waals surface area contributed by atoms with Crippen molar-refractivity contribution in [3.8, 4) is 0 Å². The average Bonchev–Trinajstić information content (AvgIpc) is 2.81. The van der Waals surface area contributed by atoms with Crippen LogP contribution < -0.4 is 0 Å². The normalized spacial score (nSPS) is 19.6. The number of alkyl halides is 3. The Kier molecular flexibility index (Phi) is 3.58. The fraction of sp³-hybridized carbons (Fsp3) is 0.467. The molecule has 1 saturated heterocycles. The Morgan fingerprint density at radius 3 is 2.82 bits per heavy atom. The van der Waals surface area contributed by atoms with Crippen molar-refractivity contribution in [2.75, 3.05) is 6.54 Å². The van der Waals surface area contributed by atoms with E-state index in [9.17, 15) is 18.0 Å². The number of carbonyl (C=O) groups is 1. The first kappa shape index (κ1) is 14.9. The Balaban J connectivity index is 2.03. The molecule has 0 saturated carbocycles. The maximum Gasteiger partial charge on any atom is 0.408 e. The van der Waals surface area contributed by atoms with E-state index in [1.165, 1.54) is 0 Å². The van der Waals surface area contributed by atoms with Gasteiger partial charge in [0.15, 0.2) is 0 Å². The van der Waals surface area contributed by atoms with Crippen molar-refractivity contribution in [3.05, 3.63) is 35.8 Å². The zero-order chi connectivity index (χ0) is 15.9. The number of halogens is 3. The van der Waals surface area contributed by atoms with E-state index in [-0.39, 0.29) is 18.7 Å². The number of hydrogen-bond donors (Lipinski definition) is 0. The Bertz CT molecular complexity index is 708. The summed E-state index contributed by atoms with van der Waals surface area (Å²) in [6.07, 6.45) is -1.71. The van der Waals surface area contributed by atoms with Crippen LogP contribution in [0.2, 0.25) is 0 Å². The Morgan fingerprint density at radius 2 is 2.09 bits per heavy atom. The molecule has 1 unspecified atom stereocenters. The summed E-state index contributed by atoms with van der Waals surface area (Å²) in [4.78, 5) is 17.9. The second-order valence-electron chi connectivity index (χ2n) is 5.53. The van der Waals surface area contributed by atoms with Crippen molar-refractivity contribution >= 4 is 11.6 Å². The van der Waals surface area contributed by atoms with E-state index in [0.717, 1.165) is 4.90 Å². The van der Waals surface area contributed by atoms with Crippen LogP contribution in [0.5, 0.6) is 0 Å². The summed E-state index contributed by atoms with van der Waals surface area (Å²) in [5.74, 6) is -0.599. The topological polar surface area (TPSA) is 37.6 Å². The highest BCUT2D eigenvalue weighted by atomic mass is 19.4. The van der Waals surface area contributed by atoms with Gasteiger partial charge in [-0.05, 0) is 38.3 Å². The molecule has 2 aromatic rings. The fourth-order valence-corrected chi connectivity index (χ4v) is 3.02. The Hall–Kier alpha value is -2.05. The molecule has 0 N–H and O–H groups in total. The first-order valence-electron chi connectivity index (χ1n) is 7.21. The average molecular weight is 311 g/mol. The summed E-state index contributed by atoms with van der Waals surface area (Å²) in [6, 6.07) is 3.52. The number of pyridine rings is 1. The van der Waals surface area contributed by atoms with Crippen LogP contribution in [0.25, 0.3) is 5.65 Å². The number of nitrogens with zero attached hydrogens (tertiary/aromatic N) is 3. The van der Waals surface area contributed by atoms with Crippen molar-refractivity contribution in [2.45, 2.75) is 38.4 Å². The summed E-state index contributed by atoms with van der Waals surface area (Å²) >= 11 is 0. The molecule has 1 fully saturated rings. The van der Waals surface area contributed by atoms with E-state index < -0.39 is 18.1 Å². The highest BCUT2D eigenvalue weighted by molar-refractivity contribution is 5.95. The maximum atomic E-state index is 13.2. The largest absolute Gasteiger partial charge is 0.408 e. The summed E-state index contributed by atoms with van der Waals surface area (Å²) in [6.45, 7) is 1.77. The van der Waals surface area contributed by atoms with Crippen LogP contribution in [0.4, 0.5) is 13.2 Å². The lowest BCUT2D eigenvalue weighted by atomic mass is 10.0. The molecule has 1 atom stereocenters. The van der Waals surface area contributed by atoms with Crippen LogP contribution in [0, 0.1) is 6.92 Å². The molecule has 7 heteroatoms. The molecule has 1 aliphatic heterocycles. The van der Waals surface area contributed by atoms with Crippen LogP contribution in [0.1, 0.15) is 35.4 Å². The minimum Gasteiger partial charge on any atom is -0.325 e. The number of likely N-dealkylation sites (tertiary alicyclic amines) is 1. The van der Waals surface area contributed by atoms with E-state index in [4.69, 9.17) is 0 Å². The van der Waals surface area contributed by atoms with E-state index in [0.29, 0.717) is 24.2 Å². The van der Waals surface area contributed by atoms with E-state index in [2.05, 4.69) is 4.98 Å². The van der Waals surface area contributed by atoms with Crippen LogP contribution in [0.15, 0.2) is 24.4 Å². The molecule has 0 aromatic carbocycles. The number of rotatable bonds is 1. The molecule has 118 valence electrons. The molecular weight excluding hydrogens is 295 g/mol. The quantitative estimate of drug-likeness (QED) is 0.811. The molecule has 22 heavy (non-hydrogen) atoms. The van der Waals surface area contributed by atoms with Gasteiger partial charge < -0.3 is 4.90 Å². The summed E-state index contributed by atoms with van der Waals surface area (Å²) < 4.78 is 41.1. The fourth-order valence-electron chi connectivity index (χ4n) is 3.02.